The number of rotatable bonds is 2. The van der Waals surface area contributed by atoms with Gasteiger partial charge in [0.2, 0.25) is 0 Å². The van der Waals surface area contributed by atoms with Crippen LogP contribution in [0.15, 0.2) is 23.4 Å². The van der Waals surface area contributed by atoms with E-state index in [1.54, 1.807) is 7.11 Å². The maximum Gasteiger partial charge on any atom is 0.106 e. The maximum absolute atomic E-state index is 4.86. The first-order valence-corrected chi connectivity index (χ1v) is 5.61. The molecule has 0 amide bonds. The molecule has 1 fully saturated rings. The van der Waals surface area contributed by atoms with Crippen LogP contribution in [0, 0.1) is 0 Å². The van der Waals surface area contributed by atoms with Crippen molar-refractivity contribution >= 4 is 5.71 Å². The van der Waals surface area contributed by atoms with Gasteiger partial charge in [-0.05, 0) is 42.7 Å². The number of oxime groups is 1. The summed E-state index contributed by atoms with van der Waals surface area (Å²) in [6.07, 6.45) is 4.89. The number of fused-ring (bicyclic) bond motifs is 1. The van der Waals surface area contributed by atoms with E-state index in [0.717, 1.165) is 24.5 Å². The van der Waals surface area contributed by atoms with Crippen molar-refractivity contribution in [3.63, 3.8) is 0 Å². The van der Waals surface area contributed by atoms with Crippen molar-refractivity contribution in [1.82, 2.24) is 0 Å². The molecule has 1 aromatic carbocycles. The summed E-state index contributed by atoms with van der Waals surface area (Å²) < 4.78 is 0. The minimum absolute atomic E-state index is 0.846. The highest BCUT2D eigenvalue weighted by molar-refractivity contribution is 6.04. The fraction of sp³-hybridized carbons (Fsp3) is 0.462. The number of aryl methyl sites for hydroxylation is 1. The standard InChI is InChI=1S/C13H15NO/c1-15-14-13-7-5-11-8-10(9-2-3-9)4-6-12(11)13/h4,6,8-9H,2-3,5,7H2,1H3/b14-13-. The van der Waals surface area contributed by atoms with Gasteiger partial charge in [0.05, 0.1) is 5.71 Å². The van der Waals surface area contributed by atoms with E-state index in [-0.39, 0.29) is 0 Å². The van der Waals surface area contributed by atoms with Crippen LogP contribution >= 0.6 is 0 Å². The first kappa shape index (κ1) is 8.96. The Hall–Kier alpha value is -1.31. The molecule has 2 nitrogen and oxygen atoms in total. The minimum Gasteiger partial charge on any atom is -0.399 e. The molecule has 0 radical (unpaired) electrons. The van der Waals surface area contributed by atoms with E-state index in [4.69, 9.17) is 4.84 Å². The van der Waals surface area contributed by atoms with Crippen molar-refractivity contribution in [3.05, 3.63) is 34.9 Å². The Kier molecular flexibility index (Phi) is 2.01. The third-order valence-corrected chi connectivity index (χ3v) is 3.32. The average Bonchev–Trinajstić information content (AvgIpc) is 3.03. The Morgan fingerprint density at radius 2 is 2.13 bits per heavy atom. The van der Waals surface area contributed by atoms with Gasteiger partial charge in [-0.3, -0.25) is 0 Å². The summed E-state index contributed by atoms with van der Waals surface area (Å²) in [4.78, 5) is 4.86. The molecule has 0 saturated heterocycles. The molecule has 1 aromatic rings. The van der Waals surface area contributed by atoms with Crippen LogP contribution in [0.2, 0.25) is 0 Å². The molecule has 0 unspecified atom stereocenters. The molecular weight excluding hydrogens is 186 g/mol. The minimum atomic E-state index is 0.846. The average molecular weight is 201 g/mol. The lowest BCUT2D eigenvalue weighted by Gasteiger charge is -2.03. The van der Waals surface area contributed by atoms with Crippen LogP contribution < -0.4 is 0 Å². The molecule has 0 heterocycles. The van der Waals surface area contributed by atoms with Gasteiger partial charge in [0.25, 0.3) is 0 Å². The van der Waals surface area contributed by atoms with Crippen molar-refractivity contribution in [2.45, 2.75) is 31.6 Å². The van der Waals surface area contributed by atoms with Crippen LogP contribution in [-0.4, -0.2) is 12.8 Å². The maximum atomic E-state index is 4.86. The molecule has 78 valence electrons. The van der Waals surface area contributed by atoms with Gasteiger partial charge < -0.3 is 4.84 Å². The normalized spacial score (nSPS) is 21.8. The lowest BCUT2D eigenvalue weighted by atomic mass is 10.0. The fourth-order valence-electron chi connectivity index (χ4n) is 2.37. The molecule has 0 aliphatic heterocycles. The van der Waals surface area contributed by atoms with Crippen LogP contribution in [0.1, 0.15) is 41.9 Å². The van der Waals surface area contributed by atoms with Crippen LogP contribution in [0.3, 0.4) is 0 Å². The van der Waals surface area contributed by atoms with Crippen LogP contribution in [0.25, 0.3) is 0 Å². The summed E-state index contributed by atoms with van der Waals surface area (Å²) in [5, 5.41) is 4.07. The van der Waals surface area contributed by atoms with Gasteiger partial charge in [-0.15, -0.1) is 0 Å². The van der Waals surface area contributed by atoms with Crippen LogP contribution in [-0.2, 0) is 11.3 Å². The van der Waals surface area contributed by atoms with Crippen molar-refractivity contribution in [2.75, 3.05) is 7.11 Å². The summed E-state index contributed by atoms with van der Waals surface area (Å²) in [6.45, 7) is 0. The summed E-state index contributed by atoms with van der Waals surface area (Å²) in [6, 6.07) is 6.84. The van der Waals surface area contributed by atoms with Crippen molar-refractivity contribution in [2.24, 2.45) is 5.16 Å². The first-order valence-electron chi connectivity index (χ1n) is 5.61. The zero-order valence-electron chi connectivity index (χ0n) is 8.99. The van der Waals surface area contributed by atoms with Crippen LogP contribution in [0.4, 0.5) is 0 Å². The van der Waals surface area contributed by atoms with Crippen molar-refractivity contribution in [1.29, 1.82) is 0 Å². The van der Waals surface area contributed by atoms with Gasteiger partial charge in [0.1, 0.15) is 7.11 Å². The Morgan fingerprint density at radius 3 is 2.87 bits per heavy atom. The summed E-state index contributed by atoms with van der Waals surface area (Å²) in [5.41, 5.74) is 5.37. The molecule has 2 aliphatic carbocycles. The highest BCUT2D eigenvalue weighted by Crippen LogP contribution is 2.41. The van der Waals surface area contributed by atoms with E-state index < -0.39 is 0 Å². The summed E-state index contributed by atoms with van der Waals surface area (Å²) >= 11 is 0. The lowest BCUT2D eigenvalue weighted by Crippen LogP contribution is -1.95. The molecule has 1 saturated carbocycles. The summed E-state index contributed by atoms with van der Waals surface area (Å²) in [7, 11) is 1.61. The van der Waals surface area contributed by atoms with E-state index >= 15 is 0 Å². The van der Waals surface area contributed by atoms with Gasteiger partial charge in [-0.1, -0.05) is 23.4 Å². The monoisotopic (exact) mass is 201 g/mol. The Bertz CT molecular complexity index is 419. The van der Waals surface area contributed by atoms with E-state index in [1.807, 2.05) is 0 Å². The fourth-order valence-corrected chi connectivity index (χ4v) is 2.37. The summed E-state index contributed by atoms with van der Waals surface area (Å²) in [5.74, 6) is 0.846. The largest absolute Gasteiger partial charge is 0.399 e. The van der Waals surface area contributed by atoms with Gasteiger partial charge in [-0.25, -0.2) is 0 Å². The third-order valence-electron chi connectivity index (χ3n) is 3.32. The predicted octanol–water partition coefficient (Wildman–Crippen LogP) is 2.86. The topological polar surface area (TPSA) is 21.6 Å². The zero-order chi connectivity index (χ0) is 10.3. The lowest BCUT2D eigenvalue weighted by molar-refractivity contribution is 0.213. The van der Waals surface area contributed by atoms with Crippen molar-refractivity contribution in [3.8, 4) is 0 Å². The SMILES string of the molecule is CO/N=C1/CCc2cc(C3CC3)ccc21. The molecule has 0 N–H and O–H groups in total. The Morgan fingerprint density at radius 1 is 1.27 bits per heavy atom. The van der Waals surface area contributed by atoms with Crippen molar-refractivity contribution < 1.29 is 4.84 Å². The molecule has 3 rings (SSSR count). The number of hydrogen-bond acceptors (Lipinski definition) is 2. The highest BCUT2D eigenvalue weighted by Gasteiger charge is 2.26. The van der Waals surface area contributed by atoms with E-state index in [2.05, 4.69) is 23.4 Å². The predicted molar refractivity (Wildman–Crippen MR) is 60.3 cm³/mol. The molecule has 0 atom stereocenters. The molecule has 0 bridgehead atoms. The smallest absolute Gasteiger partial charge is 0.106 e. The Labute approximate surface area is 89.9 Å². The number of hydrogen-bond donors (Lipinski definition) is 0. The second-order valence-electron chi connectivity index (χ2n) is 4.41. The Balaban J connectivity index is 1.97. The number of benzene rings is 1. The van der Waals surface area contributed by atoms with Crippen LogP contribution in [0.5, 0.6) is 0 Å². The molecular formula is C13H15NO. The highest BCUT2D eigenvalue weighted by atomic mass is 16.6. The van der Waals surface area contributed by atoms with E-state index in [9.17, 15) is 0 Å². The molecule has 2 heteroatoms. The third kappa shape index (κ3) is 1.54. The molecule has 0 aromatic heterocycles. The number of nitrogens with zero attached hydrogens (tertiary/aromatic N) is 1. The van der Waals surface area contributed by atoms with E-state index in [0.29, 0.717) is 0 Å². The second kappa shape index (κ2) is 3.37. The van der Waals surface area contributed by atoms with E-state index in [1.165, 1.54) is 29.5 Å². The molecule has 2 aliphatic rings. The van der Waals surface area contributed by atoms with Gasteiger partial charge in [-0.2, -0.15) is 0 Å². The van der Waals surface area contributed by atoms with Gasteiger partial charge >= 0.3 is 0 Å². The molecule has 0 spiro atoms. The first-order chi connectivity index (χ1) is 7.38. The quantitative estimate of drug-likeness (QED) is 0.674. The van der Waals surface area contributed by atoms with Gasteiger partial charge in [0, 0.05) is 5.56 Å². The zero-order valence-corrected chi connectivity index (χ0v) is 8.99. The molecule has 15 heavy (non-hydrogen) atoms. The second-order valence-corrected chi connectivity index (χ2v) is 4.41. The van der Waals surface area contributed by atoms with Gasteiger partial charge in [0.15, 0.2) is 0 Å².